The van der Waals surface area contributed by atoms with Crippen LogP contribution in [-0.2, 0) is 0 Å². The van der Waals surface area contributed by atoms with E-state index in [1.165, 1.54) is 0 Å². The predicted molar refractivity (Wildman–Crippen MR) is 61.0 cm³/mol. The summed E-state index contributed by atoms with van der Waals surface area (Å²) in [5.74, 6) is 0. The third-order valence-electron chi connectivity index (χ3n) is 2.09. The van der Waals surface area contributed by atoms with E-state index in [2.05, 4.69) is 17.2 Å². The Kier molecular flexibility index (Phi) is 4.66. The van der Waals surface area contributed by atoms with Crippen LogP contribution in [0.15, 0.2) is 12.3 Å². The SMILES string of the molecule is CCCC(NC)c1ncc(Cl)cc1Cl. The number of nitrogens with one attached hydrogen (secondary N) is 1. The molecule has 1 rings (SSSR count). The Balaban J connectivity index is 2.92. The highest BCUT2D eigenvalue weighted by atomic mass is 35.5. The third-order valence-corrected chi connectivity index (χ3v) is 2.60. The van der Waals surface area contributed by atoms with Crippen LogP contribution in [-0.4, -0.2) is 12.0 Å². The summed E-state index contributed by atoms with van der Waals surface area (Å²) in [6, 6.07) is 1.94. The van der Waals surface area contributed by atoms with Gasteiger partial charge in [0, 0.05) is 6.20 Å². The molecule has 1 unspecified atom stereocenters. The molecule has 0 aromatic carbocycles. The molecule has 1 aromatic rings. The Labute approximate surface area is 94.6 Å². The Hall–Kier alpha value is -0.310. The normalized spacial score (nSPS) is 12.9. The first-order valence-electron chi connectivity index (χ1n) is 4.67. The molecule has 1 atom stereocenters. The fourth-order valence-electron chi connectivity index (χ4n) is 1.39. The smallest absolute Gasteiger partial charge is 0.0760 e. The van der Waals surface area contributed by atoms with Crippen molar-refractivity contribution < 1.29 is 0 Å². The van der Waals surface area contributed by atoms with Gasteiger partial charge in [-0.2, -0.15) is 0 Å². The van der Waals surface area contributed by atoms with E-state index < -0.39 is 0 Å². The van der Waals surface area contributed by atoms with E-state index in [0.717, 1.165) is 18.5 Å². The van der Waals surface area contributed by atoms with Gasteiger partial charge in [0.1, 0.15) is 0 Å². The second-order valence-electron chi connectivity index (χ2n) is 3.15. The van der Waals surface area contributed by atoms with E-state index in [9.17, 15) is 0 Å². The van der Waals surface area contributed by atoms with Crippen molar-refractivity contribution in [3.63, 3.8) is 0 Å². The Morgan fingerprint density at radius 2 is 2.21 bits per heavy atom. The maximum Gasteiger partial charge on any atom is 0.0760 e. The second kappa shape index (κ2) is 5.54. The molecule has 78 valence electrons. The summed E-state index contributed by atoms with van der Waals surface area (Å²) in [6.45, 7) is 2.13. The number of nitrogens with zero attached hydrogens (tertiary/aromatic N) is 1. The van der Waals surface area contributed by atoms with Crippen molar-refractivity contribution in [2.45, 2.75) is 25.8 Å². The molecule has 0 spiro atoms. The minimum atomic E-state index is 0.213. The van der Waals surface area contributed by atoms with E-state index in [4.69, 9.17) is 23.2 Å². The van der Waals surface area contributed by atoms with E-state index in [1.54, 1.807) is 12.3 Å². The second-order valence-corrected chi connectivity index (χ2v) is 3.99. The van der Waals surface area contributed by atoms with Crippen LogP contribution in [0.1, 0.15) is 31.5 Å². The quantitative estimate of drug-likeness (QED) is 0.861. The average molecular weight is 233 g/mol. The van der Waals surface area contributed by atoms with Gasteiger partial charge < -0.3 is 5.32 Å². The van der Waals surface area contributed by atoms with Crippen molar-refractivity contribution in [2.75, 3.05) is 7.05 Å². The average Bonchev–Trinajstić information content (AvgIpc) is 2.15. The molecule has 1 aromatic heterocycles. The first-order valence-corrected chi connectivity index (χ1v) is 5.42. The summed E-state index contributed by atoms with van der Waals surface area (Å²) < 4.78 is 0. The van der Waals surface area contributed by atoms with Gasteiger partial charge >= 0.3 is 0 Å². The standard InChI is InChI=1S/C10H14Cl2N2/c1-3-4-9(13-2)10-8(12)5-7(11)6-14-10/h5-6,9,13H,3-4H2,1-2H3. The molecule has 0 aliphatic heterocycles. The highest BCUT2D eigenvalue weighted by Crippen LogP contribution is 2.25. The molecular weight excluding hydrogens is 219 g/mol. The summed E-state index contributed by atoms with van der Waals surface area (Å²) in [4.78, 5) is 4.24. The molecule has 0 aliphatic carbocycles. The topological polar surface area (TPSA) is 24.9 Å². The fraction of sp³-hybridized carbons (Fsp3) is 0.500. The van der Waals surface area contributed by atoms with Gasteiger partial charge in [-0.05, 0) is 19.5 Å². The molecule has 0 saturated carbocycles. The van der Waals surface area contributed by atoms with Gasteiger partial charge in [-0.1, -0.05) is 36.5 Å². The maximum atomic E-state index is 6.05. The van der Waals surface area contributed by atoms with Crippen LogP contribution in [0.5, 0.6) is 0 Å². The van der Waals surface area contributed by atoms with Crippen molar-refractivity contribution in [2.24, 2.45) is 0 Å². The van der Waals surface area contributed by atoms with E-state index in [0.29, 0.717) is 10.0 Å². The number of rotatable bonds is 4. The largest absolute Gasteiger partial charge is 0.312 e. The van der Waals surface area contributed by atoms with Gasteiger partial charge in [-0.25, -0.2) is 0 Å². The number of hydrogen-bond donors (Lipinski definition) is 1. The van der Waals surface area contributed by atoms with Gasteiger partial charge in [0.2, 0.25) is 0 Å². The lowest BCUT2D eigenvalue weighted by molar-refractivity contribution is 0.529. The summed E-state index contributed by atoms with van der Waals surface area (Å²) in [6.07, 6.45) is 3.74. The van der Waals surface area contributed by atoms with Crippen LogP contribution in [0.2, 0.25) is 10.0 Å². The molecule has 0 amide bonds. The van der Waals surface area contributed by atoms with Gasteiger partial charge in [-0.15, -0.1) is 0 Å². The number of pyridine rings is 1. The Morgan fingerprint density at radius 1 is 1.50 bits per heavy atom. The van der Waals surface area contributed by atoms with Crippen molar-refractivity contribution in [3.8, 4) is 0 Å². The highest BCUT2D eigenvalue weighted by Gasteiger charge is 2.13. The Bertz CT molecular complexity index is 302. The van der Waals surface area contributed by atoms with Crippen LogP contribution in [0.4, 0.5) is 0 Å². The van der Waals surface area contributed by atoms with Crippen LogP contribution in [0, 0.1) is 0 Å². The highest BCUT2D eigenvalue weighted by molar-refractivity contribution is 6.34. The molecule has 14 heavy (non-hydrogen) atoms. The monoisotopic (exact) mass is 232 g/mol. The van der Waals surface area contributed by atoms with Crippen LogP contribution < -0.4 is 5.32 Å². The Morgan fingerprint density at radius 3 is 2.71 bits per heavy atom. The van der Waals surface area contributed by atoms with Crippen LogP contribution in [0.3, 0.4) is 0 Å². The van der Waals surface area contributed by atoms with Gasteiger partial charge in [0.15, 0.2) is 0 Å². The molecule has 0 aliphatic rings. The van der Waals surface area contributed by atoms with Crippen molar-refractivity contribution >= 4 is 23.2 Å². The van der Waals surface area contributed by atoms with E-state index in [-0.39, 0.29) is 6.04 Å². The number of halogens is 2. The van der Waals surface area contributed by atoms with Crippen molar-refractivity contribution in [3.05, 3.63) is 28.0 Å². The lowest BCUT2D eigenvalue weighted by atomic mass is 10.1. The zero-order valence-corrected chi connectivity index (χ0v) is 9.86. The van der Waals surface area contributed by atoms with Gasteiger partial charge in [-0.3, -0.25) is 4.98 Å². The van der Waals surface area contributed by atoms with Crippen molar-refractivity contribution in [1.82, 2.24) is 10.3 Å². The van der Waals surface area contributed by atoms with E-state index in [1.807, 2.05) is 7.05 Å². The van der Waals surface area contributed by atoms with Crippen LogP contribution in [0.25, 0.3) is 0 Å². The lowest BCUT2D eigenvalue weighted by Gasteiger charge is -2.15. The number of aromatic nitrogens is 1. The number of hydrogen-bond acceptors (Lipinski definition) is 2. The third kappa shape index (κ3) is 2.84. The zero-order valence-electron chi connectivity index (χ0n) is 8.35. The molecule has 1 heterocycles. The first-order chi connectivity index (χ1) is 6.69. The minimum Gasteiger partial charge on any atom is -0.312 e. The maximum absolute atomic E-state index is 6.05. The lowest BCUT2D eigenvalue weighted by Crippen LogP contribution is -2.17. The summed E-state index contributed by atoms with van der Waals surface area (Å²) in [7, 11) is 1.91. The van der Waals surface area contributed by atoms with Gasteiger partial charge in [0.05, 0.1) is 21.8 Å². The first kappa shape index (κ1) is 11.8. The molecule has 0 fully saturated rings. The molecule has 0 saturated heterocycles. The molecule has 4 heteroatoms. The van der Waals surface area contributed by atoms with E-state index >= 15 is 0 Å². The summed E-state index contributed by atoms with van der Waals surface area (Å²) >= 11 is 11.8. The summed E-state index contributed by atoms with van der Waals surface area (Å²) in [5.41, 5.74) is 0.875. The van der Waals surface area contributed by atoms with Crippen molar-refractivity contribution in [1.29, 1.82) is 0 Å². The predicted octanol–water partition coefficient (Wildman–Crippen LogP) is 3.45. The molecule has 1 N–H and O–H groups in total. The molecular formula is C10H14Cl2N2. The fourth-order valence-corrected chi connectivity index (χ4v) is 1.90. The molecule has 2 nitrogen and oxygen atoms in total. The van der Waals surface area contributed by atoms with Gasteiger partial charge in [0.25, 0.3) is 0 Å². The van der Waals surface area contributed by atoms with Crippen LogP contribution >= 0.6 is 23.2 Å². The zero-order chi connectivity index (χ0) is 10.6. The minimum absolute atomic E-state index is 0.213. The molecule has 0 radical (unpaired) electrons. The molecule has 0 bridgehead atoms. The summed E-state index contributed by atoms with van der Waals surface area (Å²) in [5, 5.41) is 4.39.